The predicted octanol–water partition coefficient (Wildman–Crippen LogP) is 1.81. The number of nitrogens with zero attached hydrogens (tertiary/aromatic N) is 3. The second-order valence-corrected chi connectivity index (χ2v) is 3.83. The summed E-state index contributed by atoms with van der Waals surface area (Å²) in [5.74, 6) is 0.825. The summed E-state index contributed by atoms with van der Waals surface area (Å²) < 4.78 is 14.1. The van der Waals surface area contributed by atoms with Crippen molar-refractivity contribution >= 4 is 23.7 Å². The Hall–Kier alpha value is -1.23. The number of hydrogen-bond acceptors (Lipinski definition) is 5. The van der Waals surface area contributed by atoms with Crippen LogP contribution in [0.15, 0.2) is 11.1 Å². The highest BCUT2D eigenvalue weighted by Gasteiger charge is 2.35. The molecule has 1 aromatic heterocycles. The molecule has 5 heteroatoms. The van der Waals surface area contributed by atoms with Crippen LogP contribution in [0.25, 0.3) is 6.08 Å². The molecule has 2 atom stereocenters. The van der Waals surface area contributed by atoms with E-state index in [1.54, 1.807) is 0 Å². The van der Waals surface area contributed by atoms with Crippen LogP contribution in [0.4, 0.5) is 0 Å². The minimum atomic E-state index is 0.0429. The van der Waals surface area contributed by atoms with Crippen molar-refractivity contribution in [3.05, 3.63) is 17.5 Å². The van der Waals surface area contributed by atoms with E-state index in [9.17, 15) is 0 Å². The summed E-state index contributed by atoms with van der Waals surface area (Å²) in [5, 5.41) is 0. The minimum Gasteiger partial charge on any atom is -0.471 e. The Bertz CT molecular complexity index is 423. The van der Waals surface area contributed by atoms with E-state index >= 15 is 0 Å². The summed E-state index contributed by atoms with van der Waals surface area (Å²) in [6.45, 7) is 2.04. The van der Waals surface area contributed by atoms with E-state index in [4.69, 9.17) is 4.74 Å². The van der Waals surface area contributed by atoms with Crippen molar-refractivity contribution in [3.8, 4) is 0 Å². The van der Waals surface area contributed by atoms with Gasteiger partial charge in [0.1, 0.15) is 23.5 Å². The maximum Gasteiger partial charge on any atom is 0.184 e. The van der Waals surface area contributed by atoms with Crippen molar-refractivity contribution in [1.29, 1.82) is 0 Å². The van der Waals surface area contributed by atoms with Crippen LogP contribution in [0.1, 0.15) is 30.8 Å². The van der Waals surface area contributed by atoms with E-state index in [1.165, 1.54) is 11.7 Å². The standard InChI is InChI=1S/C9H9N3OS/c1-2-7-10-9-6(13-7)4-3-5-8(9)12-14-11-5/h3-4,6,9H,2H2,1H3/t6-,9-/m0/s1. The molecular formula is C9H9N3OS. The van der Waals surface area contributed by atoms with Gasteiger partial charge >= 0.3 is 0 Å². The molecule has 1 aliphatic carbocycles. The molecular weight excluding hydrogens is 198 g/mol. The third-order valence-electron chi connectivity index (χ3n) is 2.43. The van der Waals surface area contributed by atoms with Gasteiger partial charge in [-0.05, 0) is 12.2 Å². The molecule has 4 nitrogen and oxygen atoms in total. The number of hydrogen-bond donors (Lipinski definition) is 0. The molecule has 0 aromatic carbocycles. The largest absolute Gasteiger partial charge is 0.471 e. The average molecular weight is 207 g/mol. The third kappa shape index (κ3) is 1.02. The molecule has 1 aromatic rings. The maximum atomic E-state index is 5.64. The van der Waals surface area contributed by atoms with Gasteiger partial charge in [0, 0.05) is 6.42 Å². The fraction of sp³-hybridized carbons (Fsp3) is 0.444. The zero-order valence-corrected chi connectivity index (χ0v) is 8.49. The highest BCUT2D eigenvalue weighted by atomic mass is 32.1. The van der Waals surface area contributed by atoms with E-state index in [1.807, 2.05) is 19.1 Å². The van der Waals surface area contributed by atoms with Gasteiger partial charge in [0.15, 0.2) is 5.90 Å². The van der Waals surface area contributed by atoms with Gasteiger partial charge in [0.2, 0.25) is 0 Å². The van der Waals surface area contributed by atoms with Gasteiger partial charge < -0.3 is 4.74 Å². The lowest BCUT2D eigenvalue weighted by Crippen LogP contribution is -2.17. The Kier molecular flexibility index (Phi) is 1.67. The molecule has 0 saturated heterocycles. The number of ether oxygens (including phenoxy) is 1. The average Bonchev–Trinajstić information content (AvgIpc) is 2.82. The first-order valence-electron chi connectivity index (χ1n) is 4.62. The Morgan fingerprint density at radius 1 is 1.50 bits per heavy atom. The Labute approximate surface area is 85.7 Å². The molecule has 0 saturated carbocycles. The molecule has 14 heavy (non-hydrogen) atoms. The molecule has 0 radical (unpaired) electrons. The third-order valence-corrected chi connectivity index (χ3v) is 2.99. The summed E-state index contributed by atoms with van der Waals surface area (Å²) >= 11 is 1.24. The molecule has 0 fully saturated rings. The molecule has 0 unspecified atom stereocenters. The first-order chi connectivity index (χ1) is 6.88. The highest BCUT2D eigenvalue weighted by molar-refractivity contribution is 6.99. The van der Waals surface area contributed by atoms with Crippen LogP contribution < -0.4 is 0 Å². The Morgan fingerprint density at radius 2 is 2.43 bits per heavy atom. The van der Waals surface area contributed by atoms with Crippen molar-refractivity contribution in [2.24, 2.45) is 4.99 Å². The lowest BCUT2D eigenvalue weighted by Gasteiger charge is -2.15. The monoisotopic (exact) mass is 207 g/mol. The molecule has 0 N–H and O–H groups in total. The first kappa shape index (κ1) is 8.11. The van der Waals surface area contributed by atoms with Crippen LogP contribution >= 0.6 is 11.7 Å². The van der Waals surface area contributed by atoms with E-state index in [-0.39, 0.29) is 12.1 Å². The summed E-state index contributed by atoms with van der Waals surface area (Å²) in [6, 6.07) is 0.0451. The SMILES string of the molecule is CCC1=N[C@@H]2c3nsnc3C=C[C@@H]2O1. The lowest BCUT2D eigenvalue weighted by atomic mass is 10.0. The first-order valence-corrected chi connectivity index (χ1v) is 5.35. The van der Waals surface area contributed by atoms with Gasteiger partial charge in [0.25, 0.3) is 0 Å². The van der Waals surface area contributed by atoms with E-state index in [2.05, 4.69) is 13.7 Å². The Morgan fingerprint density at radius 3 is 3.29 bits per heavy atom. The quantitative estimate of drug-likeness (QED) is 0.705. The van der Waals surface area contributed by atoms with Crippen molar-refractivity contribution in [3.63, 3.8) is 0 Å². The van der Waals surface area contributed by atoms with Crippen LogP contribution in [0.5, 0.6) is 0 Å². The summed E-state index contributed by atoms with van der Waals surface area (Å²) in [4.78, 5) is 4.49. The molecule has 72 valence electrons. The number of aromatic nitrogens is 2. The molecule has 0 bridgehead atoms. The van der Waals surface area contributed by atoms with Crippen LogP contribution in [0.3, 0.4) is 0 Å². The topological polar surface area (TPSA) is 47.4 Å². The maximum absolute atomic E-state index is 5.64. The van der Waals surface area contributed by atoms with E-state index < -0.39 is 0 Å². The summed E-state index contributed by atoms with van der Waals surface area (Å²) in [5.41, 5.74) is 1.91. The smallest absolute Gasteiger partial charge is 0.184 e. The minimum absolute atomic E-state index is 0.0429. The molecule has 0 spiro atoms. The molecule has 1 aliphatic heterocycles. The van der Waals surface area contributed by atoms with Gasteiger partial charge in [-0.25, -0.2) is 4.99 Å². The van der Waals surface area contributed by atoms with Crippen molar-refractivity contribution in [2.45, 2.75) is 25.5 Å². The molecule has 0 amide bonds. The van der Waals surface area contributed by atoms with Crippen LogP contribution in [0, 0.1) is 0 Å². The van der Waals surface area contributed by atoms with E-state index in [0.717, 1.165) is 23.7 Å². The second kappa shape index (κ2) is 2.88. The fourth-order valence-corrected chi connectivity index (χ4v) is 2.30. The summed E-state index contributed by atoms with van der Waals surface area (Å²) in [6.07, 6.45) is 4.86. The second-order valence-electron chi connectivity index (χ2n) is 3.30. The van der Waals surface area contributed by atoms with Crippen molar-refractivity contribution in [2.75, 3.05) is 0 Å². The normalized spacial score (nSPS) is 27.9. The van der Waals surface area contributed by atoms with Gasteiger partial charge in [-0.1, -0.05) is 6.92 Å². The number of aliphatic imine (C=N–C) groups is 1. The fourth-order valence-electron chi connectivity index (χ4n) is 1.73. The van der Waals surface area contributed by atoms with E-state index in [0.29, 0.717) is 0 Å². The highest BCUT2D eigenvalue weighted by Crippen LogP contribution is 2.35. The summed E-state index contributed by atoms with van der Waals surface area (Å²) in [7, 11) is 0. The predicted molar refractivity (Wildman–Crippen MR) is 54.3 cm³/mol. The van der Waals surface area contributed by atoms with Gasteiger partial charge in [-0.3, -0.25) is 0 Å². The van der Waals surface area contributed by atoms with Gasteiger partial charge in [0.05, 0.1) is 11.7 Å². The molecule has 2 aliphatic rings. The zero-order valence-electron chi connectivity index (χ0n) is 7.67. The van der Waals surface area contributed by atoms with Crippen LogP contribution in [-0.2, 0) is 4.74 Å². The van der Waals surface area contributed by atoms with Crippen molar-refractivity contribution < 1.29 is 4.74 Å². The van der Waals surface area contributed by atoms with Crippen molar-refractivity contribution in [1.82, 2.24) is 8.75 Å². The lowest BCUT2D eigenvalue weighted by molar-refractivity contribution is 0.235. The van der Waals surface area contributed by atoms with Crippen LogP contribution in [-0.4, -0.2) is 20.7 Å². The molecule has 3 rings (SSSR count). The van der Waals surface area contributed by atoms with Crippen LogP contribution in [0.2, 0.25) is 0 Å². The number of rotatable bonds is 1. The van der Waals surface area contributed by atoms with Gasteiger partial charge in [-0.15, -0.1) is 0 Å². The van der Waals surface area contributed by atoms with Gasteiger partial charge in [-0.2, -0.15) is 8.75 Å². The zero-order chi connectivity index (χ0) is 9.54. The Balaban J connectivity index is 2.05. The molecule has 2 heterocycles. The number of fused-ring (bicyclic) bond motifs is 3.